The molecule has 11 heteroatoms. The van der Waals surface area contributed by atoms with Gasteiger partial charge in [-0.3, -0.25) is 0 Å². The van der Waals surface area contributed by atoms with E-state index < -0.39 is 17.9 Å². The summed E-state index contributed by atoms with van der Waals surface area (Å²) in [4.78, 5) is 35.2. The van der Waals surface area contributed by atoms with Gasteiger partial charge in [0.2, 0.25) is 0 Å². The van der Waals surface area contributed by atoms with E-state index in [1.807, 2.05) is 54.6 Å². The van der Waals surface area contributed by atoms with Crippen molar-refractivity contribution in [3.05, 3.63) is 109 Å². The third-order valence-electron chi connectivity index (χ3n) is 7.92. The molecule has 0 spiro atoms. The van der Waals surface area contributed by atoms with Crippen LogP contribution in [0.3, 0.4) is 0 Å². The molecule has 0 aliphatic heterocycles. The van der Waals surface area contributed by atoms with E-state index in [2.05, 4.69) is 13.2 Å². The van der Waals surface area contributed by atoms with Gasteiger partial charge in [0.1, 0.15) is 41.8 Å². The van der Waals surface area contributed by atoms with E-state index in [1.165, 1.54) is 6.08 Å². The van der Waals surface area contributed by atoms with E-state index in [4.69, 9.17) is 38.4 Å². The standard InChI is InChI=1S/C43H51NO10/c1-3-41(45)50-28-12-7-5-10-26-48-36-19-15-34(16-20-36)32-53-38-23-24-40(39(31-38)43(47)52-30-14-9-25-44)54-33-35-17-21-37(22-18-35)49-27-11-6-8-13-29-51-42(46)4-2/h3-4,15-24,31H,1-2,5-14,26-30,32-33H2. The molecular formula is C43H51NO10. The summed E-state index contributed by atoms with van der Waals surface area (Å²) in [6, 6.07) is 22.3. The maximum atomic E-state index is 13.1. The number of benzene rings is 3. The molecule has 0 radical (unpaired) electrons. The molecule has 0 N–H and O–H groups in total. The lowest BCUT2D eigenvalue weighted by molar-refractivity contribution is -0.138. The van der Waals surface area contributed by atoms with Crippen molar-refractivity contribution >= 4 is 17.9 Å². The number of nitrogens with zero attached hydrogens (tertiary/aromatic N) is 1. The second-order valence-corrected chi connectivity index (χ2v) is 12.2. The van der Waals surface area contributed by atoms with Crippen molar-refractivity contribution in [3.8, 4) is 29.1 Å². The summed E-state index contributed by atoms with van der Waals surface area (Å²) in [6.07, 6.45) is 10.3. The van der Waals surface area contributed by atoms with E-state index in [1.54, 1.807) is 18.2 Å². The first-order valence-electron chi connectivity index (χ1n) is 18.4. The van der Waals surface area contributed by atoms with Crippen molar-refractivity contribution in [2.45, 2.75) is 77.4 Å². The van der Waals surface area contributed by atoms with Crippen LogP contribution in [0.2, 0.25) is 0 Å². The maximum Gasteiger partial charge on any atom is 0.342 e. The second kappa shape index (κ2) is 26.1. The average Bonchev–Trinajstić information content (AvgIpc) is 3.20. The van der Waals surface area contributed by atoms with E-state index >= 15 is 0 Å². The number of unbranched alkanes of at least 4 members (excludes halogenated alkanes) is 7. The van der Waals surface area contributed by atoms with Crippen molar-refractivity contribution in [2.75, 3.05) is 33.0 Å². The van der Waals surface area contributed by atoms with Gasteiger partial charge in [-0.1, -0.05) is 37.4 Å². The Bertz CT molecular complexity index is 1630. The summed E-state index contributed by atoms with van der Waals surface area (Å²) >= 11 is 0. The van der Waals surface area contributed by atoms with Crippen LogP contribution < -0.4 is 18.9 Å². The quantitative estimate of drug-likeness (QED) is 0.0306. The van der Waals surface area contributed by atoms with Crippen LogP contribution in [-0.2, 0) is 37.0 Å². The van der Waals surface area contributed by atoms with E-state index in [9.17, 15) is 14.4 Å². The SMILES string of the molecule is C=CC(=O)OCCCCCCOc1ccc(COc2ccc(OCc3ccc(OCCCCCCOC(=O)C=C)cc3)c(C(=O)OCCCC#N)c2)cc1. The van der Waals surface area contributed by atoms with Crippen molar-refractivity contribution in [2.24, 2.45) is 0 Å². The minimum Gasteiger partial charge on any atom is -0.494 e. The average molecular weight is 742 g/mol. The van der Waals surface area contributed by atoms with E-state index in [-0.39, 0.29) is 31.8 Å². The number of carbonyl (C=O) groups is 3. The summed E-state index contributed by atoms with van der Waals surface area (Å²) in [6.45, 7) is 9.33. The first kappa shape index (κ1) is 42.7. The zero-order chi connectivity index (χ0) is 38.6. The highest BCUT2D eigenvalue weighted by Gasteiger charge is 2.17. The molecular weight excluding hydrogens is 690 g/mol. The molecule has 54 heavy (non-hydrogen) atoms. The Kier molecular flexibility index (Phi) is 20.6. The normalized spacial score (nSPS) is 10.4. The zero-order valence-corrected chi connectivity index (χ0v) is 31.0. The van der Waals surface area contributed by atoms with Crippen molar-refractivity contribution in [1.29, 1.82) is 5.26 Å². The Morgan fingerprint density at radius 3 is 1.50 bits per heavy atom. The van der Waals surface area contributed by atoms with Crippen LogP contribution in [0.4, 0.5) is 0 Å². The molecule has 3 aromatic rings. The van der Waals surface area contributed by atoms with Gasteiger partial charge < -0.3 is 33.2 Å². The van der Waals surface area contributed by atoms with Crippen molar-refractivity contribution in [3.63, 3.8) is 0 Å². The number of hydrogen-bond donors (Lipinski definition) is 0. The molecule has 0 saturated carbocycles. The predicted molar refractivity (Wildman–Crippen MR) is 203 cm³/mol. The van der Waals surface area contributed by atoms with Crippen LogP contribution in [0.1, 0.15) is 85.7 Å². The minimum absolute atomic E-state index is 0.116. The fourth-order valence-electron chi connectivity index (χ4n) is 4.93. The number of ether oxygens (including phenoxy) is 7. The van der Waals surface area contributed by atoms with Gasteiger partial charge >= 0.3 is 17.9 Å². The third kappa shape index (κ3) is 17.6. The fourth-order valence-corrected chi connectivity index (χ4v) is 4.93. The largest absolute Gasteiger partial charge is 0.494 e. The first-order valence-corrected chi connectivity index (χ1v) is 18.4. The molecule has 0 saturated heterocycles. The number of esters is 3. The van der Waals surface area contributed by atoms with E-state index in [0.717, 1.165) is 80.1 Å². The van der Waals surface area contributed by atoms with Gasteiger partial charge in [-0.25, -0.2) is 14.4 Å². The number of carbonyl (C=O) groups excluding carboxylic acids is 3. The highest BCUT2D eigenvalue weighted by molar-refractivity contribution is 5.93. The van der Waals surface area contributed by atoms with Crippen LogP contribution in [0.25, 0.3) is 0 Å². The van der Waals surface area contributed by atoms with Gasteiger partial charge in [0, 0.05) is 18.6 Å². The summed E-state index contributed by atoms with van der Waals surface area (Å²) < 4.78 is 39.2. The third-order valence-corrected chi connectivity index (χ3v) is 7.92. The topological polar surface area (TPSA) is 140 Å². The van der Waals surface area contributed by atoms with Gasteiger partial charge in [0.25, 0.3) is 0 Å². The number of nitriles is 1. The Morgan fingerprint density at radius 1 is 0.537 bits per heavy atom. The lowest BCUT2D eigenvalue weighted by Crippen LogP contribution is -2.10. The number of hydrogen-bond acceptors (Lipinski definition) is 11. The highest BCUT2D eigenvalue weighted by Crippen LogP contribution is 2.27. The van der Waals surface area contributed by atoms with Crippen LogP contribution in [0.5, 0.6) is 23.0 Å². The highest BCUT2D eigenvalue weighted by atomic mass is 16.5. The molecule has 0 aliphatic carbocycles. The van der Waals surface area contributed by atoms with Gasteiger partial charge in [-0.2, -0.15) is 5.26 Å². The Hall–Kier alpha value is -5.76. The van der Waals surface area contributed by atoms with Gasteiger partial charge in [0.15, 0.2) is 0 Å². The molecule has 0 aliphatic rings. The van der Waals surface area contributed by atoms with Crippen LogP contribution in [0.15, 0.2) is 92.0 Å². The molecule has 0 bridgehead atoms. The van der Waals surface area contributed by atoms with Crippen LogP contribution in [-0.4, -0.2) is 50.9 Å². The van der Waals surface area contributed by atoms with Crippen LogP contribution >= 0.6 is 0 Å². The molecule has 0 aromatic heterocycles. The second-order valence-electron chi connectivity index (χ2n) is 12.2. The van der Waals surface area contributed by atoms with Crippen LogP contribution in [0, 0.1) is 11.3 Å². The first-order chi connectivity index (χ1) is 26.4. The summed E-state index contributed by atoms with van der Waals surface area (Å²) in [5, 5.41) is 8.83. The summed E-state index contributed by atoms with van der Waals surface area (Å²) in [5.74, 6) is 0.983. The molecule has 288 valence electrons. The summed E-state index contributed by atoms with van der Waals surface area (Å²) in [7, 11) is 0. The number of rotatable bonds is 28. The molecule has 3 rings (SSSR count). The predicted octanol–water partition coefficient (Wildman–Crippen LogP) is 8.64. The molecule has 0 atom stereocenters. The fraction of sp³-hybridized carbons (Fsp3) is 0.395. The van der Waals surface area contributed by atoms with Crippen molar-refractivity contribution < 1.29 is 47.5 Å². The van der Waals surface area contributed by atoms with Gasteiger partial charge in [-0.15, -0.1) is 0 Å². The molecule has 11 nitrogen and oxygen atoms in total. The smallest absolute Gasteiger partial charge is 0.342 e. The molecule has 3 aromatic carbocycles. The maximum absolute atomic E-state index is 13.1. The van der Waals surface area contributed by atoms with Crippen molar-refractivity contribution in [1.82, 2.24) is 0 Å². The zero-order valence-electron chi connectivity index (χ0n) is 31.0. The van der Waals surface area contributed by atoms with E-state index in [0.29, 0.717) is 44.3 Å². The van der Waals surface area contributed by atoms with Gasteiger partial charge in [-0.05, 0) is 111 Å². The Morgan fingerprint density at radius 2 is 1.00 bits per heavy atom. The summed E-state index contributed by atoms with van der Waals surface area (Å²) in [5.41, 5.74) is 2.04. The lowest BCUT2D eigenvalue weighted by atomic mass is 10.1. The molecule has 0 fully saturated rings. The lowest BCUT2D eigenvalue weighted by Gasteiger charge is -2.14. The molecule has 0 amide bonds. The Balaban J connectivity index is 1.45. The molecule has 0 unspecified atom stereocenters. The van der Waals surface area contributed by atoms with Gasteiger partial charge in [0.05, 0.1) is 39.1 Å². The monoisotopic (exact) mass is 741 g/mol. The minimum atomic E-state index is -0.562. The molecule has 0 heterocycles. The Labute approximate surface area is 318 Å².